The highest BCUT2D eigenvalue weighted by Gasteiger charge is 1.99. The highest BCUT2D eigenvalue weighted by Crippen LogP contribution is 2.21. The monoisotopic (exact) mass is 305 g/mol. The van der Waals surface area contributed by atoms with Gasteiger partial charge in [-0.15, -0.1) is 0 Å². The second-order valence-electron chi connectivity index (χ2n) is 6.26. The first-order valence-corrected chi connectivity index (χ1v) is 8.93. The number of unbranched alkanes of at least 4 members (excludes halogenated alkanes) is 6. The van der Waals surface area contributed by atoms with Crippen molar-refractivity contribution in [2.75, 3.05) is 0 Å². The zero-order valence-electron chi connectivity index (χ0n) is 14.2. The van der Waals surface area contributed by atoms with Gasteiger partial charge >= 0.3 is 0 Å². The Morgan fingerprint density at radius 2 is 1.22 bits per heavy atom. The number of rotatable bonds is 9. The van der Waals surface area contributed by atoms with Crippen LogP contribution in [0.5, 0.6) is 0 Å². The number of nitrogens with zero attached hydrogens (tertiary/aromatic N) is 1. The van der Waals surface area contributed by atoms with Crippen molar-refractivity contribution >= 4 is 0 Å². The Bertz CT molecular complexity index is 602. The van der Waals surface area contributed by atoms with E-state index in [1.54, 1.807) is 0 Å². The first kappa shape index (κ1) is 17.3. The Morgan fingerprint density at radius 3 is 1.78 bits per heavy atom. The molecule has 0 radical (unpaired) electrons. The Kier molecular flexibility index (Phi) is 7.40. The van der Waals surface area contributed by atoms with Gasteiger partial charge in [0.15, 0.2) is 0 Å². The first-order valence-electron chi connectivity index (χ1n) is 8.93. The summed E-state index contributed by atoms with van der Waals surface area (Å²) < 4.78 is 0. The van der Waals surface area contributed by atoms with Crippen LogP contribution in [0.2, 0.25) is 0 Å². The zero-order chi connectivity index (χ0) is 16.3. The van der Waals surface area contributed by atoms with E-state index in [1.165, 1.54) is 68.1 Å². The normalized spacial score (nSPS) is 10.4. The molecule has 0 bridgehead atoms. The lowest BCUT2D eigenvalue weighted by Gasteiger charge is -2.05. The van der Waals surface area contributed by atoms with Gasteiger partial charge in [0.05, 0.1) is 11.6 Å². The Balaban J connectivity index is 1.77. The molecule has 0 aliphatic rings. The van der Waals surface area contributed by atoms with E-state index in [0.29, 0.717) is 5.56 Å². The molecule has 0 spiro atoms. The summed E-state index contributed by atoms with van der Waals surface area (Å²) in [5.74, 6) is 0. The van der Waals surface area contributed by atoms with Crippen LogP contribution >= 0.6 is 0 Å². The Labute approximate surface area is 141 Å². The third-order valence-electron chi connectivity index (χ3n) is 4.37. The molecule has 0 amide bonds. The summed E-state index contributed by atoms with van der Waals surface area (Å²) in [4.78, 5) is 0. The molecule has 0 aliphatic carbocycles. The molecule has 0 saturated heterocycles. The van der Waals surface area contributed by atoms with Gasteiger partial charge in [0.2, 0.25) is 0 Å². The lowest BCUT2D eigenvalue weighted by Crippen LogP contribution is -1.87. The fraction of sp³-hybridized carbons (Fsp3) is 0.409. The van der Waals surface area contributed by atoms with E-state index in [0.717, 1.165) is 0 Å². The molecule has 2 aromatic carbocycles. The molecule has 2 rings (SSSR count). The highest BCUT2D eigenvalue weighted by molar-refractivity contribution is 5.64. The van der Waals surface area contributed by atoms with Crippen molar-refractivity contribution in [1.82, 2.24) is 0 Å². The van der Waals surface area contributed by atoms with E-state index in [4.69, 9.17) is 5.26 Å². The highest BCUT2D eigenvalue weighted by atomic mass is 14.2. The van der Waals surface area contributed by atoms with Crippen LogP contribution in [-0.4, -0.2) is 0 Å². The van der Waals surface area contributed by atoms with Crippen LogP contribution in [0.4, 0.5) is 0 Å². The summed E-state index contributed by atoms with van der Waals surface area (Å²) in [6.45, 7) is 2.27. The van der Waals surface area contributed by atoms with Crippen molar-refractivity contribution in [2.45, 2.75) is 58.3 Å². The van der Waals surface area contributed by atoms with Gasteiger partial charge in [-0.2, -0.15) is 5.26 Å². The number of benzene rings is 2. The van der Waals surface area contributed by atoms with Gasteiger partial charge in [-0.1, -0.05) is 81.8 Å². The smallest absolute Gasteiger partial charge is 0.0991 e. The molecule has 0 heterocycles. The zero-order valence-corrected chi connectivity index (χ0v) is 14.2. The molecule has 0 saturated carbocycles. The first-order chi connectivity index (χ1) is 11.3. The van der Waals surface area contributed by atoms with E-state index in [2.05, 4.69) is 37.3 Å². The third kappa shape index (κ3) is 5.91. The third-order valence-corrected chi connectivity index (χ3v) is 4.37. The molecule has 0 aromatic heterocycles. The maximum Gasteiger partial charge on any atom is 0.0991 e. The van der Waals surface area contributed by atoms with Crippen molar-refractivity contribution in [3.8, 4) is 17.2 Å². The SMILES string of the molecule is CCCCCCCCCc1ccc(-c2ccc(C#N)cc2)cc1. The largest absolute Gasteiger partial charge is 0.192 e. The van der Waals surface area contributed by atoms with Crippen molar-refractivity contribution in [1.29, 1.82) is 5.26 Å². The van der Waals surface area contributed by atoms with E-state index in [9.17, 15) is 0 Å². The Morgan fingerprint density at radius 1 is 0.696 bits per heavy atom. The maximum atomic E-state index is 8.85. The van der Waals surface area contributed by atoms with Gasteiger partial charge < -0.3 is 0 Å². The van der Waals surface area contributed by atoms with Gasteiger partial charge in [0, 0.05) is 0 Å². The van der Waals surface area contributed by atoms with Gasteiger partial charge in [0.25, 0.3) is 0 Å². The van der Waals surface area contributed by atoms with Crippen LogP contribution in [0.15, 0.2) is 48.5 Å². The average Bonchev–Trinajstić information content (AvgIpc) is 2.61. The van der Waals surface area contributed by atoms with Crippen LogP contribution in [0.1, 0.15) is 63.0 Å². The molecular weight excluding hydrogens is 278 g/mol. The molecule has 2 aromatic rings. The van der Waals surface area contributed by atoms with Crippen molar-refractivity contribution in [2.24, 2.45) is 0 Å². The predicted molar refractivity (Wildman–Crippen MR) is 98.3 cm³/mol. The molecule has 120 valence electrons. The number of aryl methyl sites for hydroxylation is 1. The lowest BCUT2D eigenvalue weighted by molar-refractivity contribution is 0.589. The van der Waals surface area contributed by atoms with E-state index in [1.807, 2.05) is 24.3 Å². The fourth-order valence-corrected chi connectivity index (χ4v) is 2.89. The average molecular weight is 305 g/mol. The minimum Gasteiger partial charge on any atom is -0.192 e. The molecule has 0 N–H and O–H groups in total. The number of hydrogen-bond donors (Lipinski definition) is 0. The Hall–Kier alpha value is -2.07. The van der Waals surface area contributed by atoms with Crippen molar-refractivity contribution in [3.05, 3.63) is 59.7 Å². The van der Waals surface area contributed by atoms with Crippen LogP contribution < -0.4 is 0 Å². The van der Waals surface area contributed by atoms with Crippen LogP contribution in [-0.2, 0) is 6.42 Å². The fourth-order valence-electron chi connectivity index (χ4n) is 2.89. The van der Waals surface area contributed by atoms with E-state index in [-0.39, 0.29) is 0 Å². The van der Waals surface area contributed by atoms with Crippen molar-refractivity contribution in [3.63, 3.8) is 0 Å². The standard InChI is InChI=1S/C22H27N/c1-2-3-4-5-6-7-8-9-19-10-14-21(15-11-19)22-16-12-20(18-23)13-17-22/h10-17H,2-9H2,1H3. The quantitative estimate of drug-likeness (QED) is 0.484. The van der Waals surface area contributed by atoms with Crippen LogP contribution in [0.25, 0.3) is 11.1 Å². The minimum absolute atomic E-state index is 0.712. The summed E-state index contributed by atoms with van der Waals surface area (Å²) in [5, 5.41) is 8.85. The molecule has 23 heavy (non-hydrogen) atoms. The summed E-state index contributed by atoms with van der Waals surface area (Å²) in [5.41, 5.74) is 4.53. The molecule has 0 unspecified atom stereocenters. The molecule has 0 atom stereocenters. The van der Waals surface area contributed by atoms with E-state index >= 15 is 0 Å². The summed E-state index contributed by atoms with van der Waals surface area (Å²) in [6, 6.07) is 18.8. The molecular formula is C22H27N. The summed E-state index contributed by atoms with van der Waals surface area (Å²) in [6.07, 6.45) is 10.7. The number of nitriles is 1. The molecule has 0 fully saturated rings. The molecule has 1 heteroatoms. The topological polar surface area (TPSA) is 23.8 Å². The summed E-state index contributed by atoms with van der Waals surface area (Å²) in [7, 11) is 0. The maximum absolute atomic E-state index is 8.85. The minimum atomic E-state index is 0.712. The van der Waals surface area contributed by atoms with Gasteiger partial charge in [0.1, 0.15) is 0 Å². The second kappa shape index (κ2) is 9.85. The number of hydrogen-bond acceptors (Lipinski definition) is 1. The van der Waals surface area contributed by atoms with Gasteiger partial charge in [-0.05, 0) is 41.7 Å². The van der Waals surface area contributed by atoms with Gasteiger partial charge in [-0.3, -0.25) is 0 Å². The molecule has 0 aliphatic heterocycles. The molecule has 1 nitrogen and oxygen atoms in total. The van der Waals surface area contributed by atoms with Crippen molar-refractivity contribution < 1.29 is 0 Å². The van der Waals surface area contributed by atoms with Gasteiger partial charge in [-0.25, -0.2) is 0 Å². The van der Waals surface area contributed by atoms with E-state index < -0.39 is 0 Å². The summed E-state index contributed by atoms with van der Waals surface area (Å²) >= 11 is 0. The lowest BCUT2D eigenvalue weighted by atomic mass is 10.00. The predicted octanol–water partition coefficient (Wildman–Crippen LogP) is 6.52. The van der Waals surface area contributed by atoms with Crippen LogP contribution in [0.3, 0.4) is 0 Å². The van der Waals surface area contributed by atoms with Crippen LogP contribution in [0, 0.1) is 11.3 Å². The second-order valence-corrected chi connectivity index (χ2v) is 6.26.